The minimum absolute atomic E-state index is 0.00158. The van der Waals surface area contributed by atoms with Crippen LogP contribution in [0.4, 0.5) is 0 Å². The van der Waals surface area contributed by atoms with Crippen molar-refractivity contribution in [2.45, 2.75) is 44.9 Å². The lowest BCUT2D eigenvalue weighted by Crippen LogP contribution is -2.19. The van der Waals surface area contributed by atoms with Crippen molar-refractivity contribution in [3.8, 4) is 5.88 Å². The van der Waals surface area contributed by atoms with E-state index in [1.165, 1.54) is 18.5 Å². The molecule has 100 valence electrons. The van der Waals surface area contributed by atoms with Crippen LogP contribution in [-0.2, 0) is 10.2 Å². The second-order valence-electron chi connectivity index (χ2n) is 5.80. The van der Waals surface area contributed by atoms with Crippen molar-refractivity contribution in [2.24, 2.45) is 0 Å². The molecule has 2 rings (SSSR count). The van der Waals surface area contributed by atoms with Gasteiger partial charge in [0.05, 0.1) is 12.3 Å². The maximum atomic E-state index is 5.75. The van der Waals surface area contributed by atoms with Crippen molar-refractivity contribution in [1.82, 2.24) is 9.97 Å². The Morgan fingerprint density at radius 1 is 1.22 bits per heavy atom. The molecule has 18 heavy (non-hydrogen) atoms. The first kappa shape index (κ1) is 13.3. The lowest BCUT2D eigenvalue weighted by molar-refractivity contribution is 0.142. The molecule has 0 radical (unpaired) electrons. The van der Waals surface area contributed by atoms with Gasteiger partial charge < -0.3 is 9.47 Å². The Morgan fingerprint density at radius 2 is 1.94 bits per heavy atom. The zero-order chi connectivity index (χ0) is 13.2. The van der Waals surface area contributed by atoms with E-state index in [0.29, 0.717) is 19.1 Å². The highest BCUT2D eigenvalue weighted by atomic mass is 16.5. The van der Waals surface area contributed by atoms with Crippen molar-refractivity contribution in [3.05, 3.63) is 17.6 Å². The Morgan fingerprint density at radius 3 is 2.50 bits per heavy atom. The average molecular weight is 250 g/mol. The number of rotatable bonds is 5. The van der Waals surface area contributed by atoms with E-state index in [-0.39, 0.29) is 5.41 Å². The summed E-state index contributed by atoms with van der Waals surface area (Å²) in [6.07, 6.45) is 4.08. The maximum absolute atomic E-state index is 5.75. The van der Waals surface area contributed by atoms with E-state index in [2.05, 4.69) is 30.7 Å². The molecule has 0 amide bonds. The summed E-state index contributed by atoms with van der Waals surface area (Å²) in [7, 11) is 1.67. The molecule has 4 heteroatoms. The van der Waals surface area contributed by atoms with Gasteiger partial charge in [0.1, 0.15) is 12.9 Å². The van der Waals surface area contributed by atoms with E-state index in [1.54, 1.807) is 13.4 Å². The summed E-state index contributed by atoms with van der Waals surface area (Å²) in [5, 5.41) is 0. The van der Waals surface area contributed by atoms with Crippen LogP contribution in [0.2, 0.25) is 0 Å². The molecular weight excluding hydrogens is 228 g/mol. The Kier molecular flexibility index (Phi) is 3.85. The Balaban J connectivity index is 2.29. The lowest BCUT2D eigenvalue weighted by Gasteiger charge is -2.24. The van der Waals surface area contributed by atoms with Crippen LogP contribution in [-0.4, -0.2) is 30.3 Å². The van der Waals surface area contributed by atoms with E-state index in [1.807, 2.05) is 0 Å². The molecule has 1 heterocycles. The van der Waals surface area contributed by atoms with Gasteiger partial charge in [-0.15, -0.1) is 0 Å². The number of methoxy groups -OCH3 is 1. The van der Waals surface area contributed by atoms with E-state index in [9.17, 15) is 0 Å². The first-order valence-corrected chi connectivity index (χ1v) is 6.51. The normalized spacial score (nSPS) is 15.8. The molecule has 0 bridgehead atoms. The summed E-state index contributed by atoms with van der Waals surface area (Å²) in [6, 6.07) is 0. The van der Waals surface area contributed by atoms with Gasteiger partial charge in [0.15, 0.2) is 0 Å². The van der Waals surface area contributed by atoms with Crippen molar-refractivity contribution in [1.29, 1.82) is 0 Å². The quantitative estimate of drug-likeness (QED) is 0.754. The molecule has 1 fully saturated rings. The monoisotopic (exact) mass is 250 g/mol. The van der Waals surface area contributed by atoms with Gasteiger partial charge in [-0.1, -0.05) is 20.8 Å². The summed E-state index contributed by atoms with van der Waals surface area (Å²) in [5.41, 5.74) is 2.33. The van der Waals surface area contributed by atoms with Crippen LogP contribution < -0.4 is 4.74 Å². The molecular formula is C14H22N2O2. The van der Waals surface area contributed by atoms with Gasteiger partial charge in [0.2, 0.25) is 5.88 Å². The van der Waals surface area contributed by atoms with Gasteiger partial charge in [0, 0.05) is 18.6 Å². The van der Waals surface area contributed by atoms with Crippen LogP contribution in [0.25, 0.3) is 0 Å². The minimum atomic E-state index is 0.00158. The minimum Gasteiger partial charge on any atom is -0.475 e. The number of hydrogen-bond donors (Lipinski definition) is 0. The smallest absolute Gasteiger partial charge is 0.220 e. The highest BCUT2D eigenvalue weighted by Crippen LogP contribution is 2.45. The fourth-order valence-electron chi connectivity index (χ4n) is 2.08. The molecule has 0 spiro atoms. The topological polar surface area (TPSA) is 44.2 Å². The third-order valence-corrected chi connectivity index (χ3v) is 3.08. The largest absolute Gasteiger partial charge is 0.475 e. The number of aromatic nitrogens is 2. The SMILES string of the molecule is COCCOc1ncnc(C2CC2)c1C(C)(C)C. The molecule has 0 unspecified atom stereocenters. The van der Waals surface area contributed by atoms with E-state index < -0.39 is 0 Å². The van der Waals surface area contributed by atoms with Gasteiger partial charge in [-0.2, -0.15) is 0 Å². The standard InChI is InChI=1S/C14H22N2O2/c1-14(2,3)11-12(10-5-6-10)15-9-16-13(11)18-8-7-17-4/h9-10H,5-8H2,1-4H3. The Hall–Kier alpha value is -1.16. The summed E-state index contributed by atoms with van der Waals surface area (Å²) in [6.45, 7) is 7.65. The maximum Gasteiger partial charge on any atom is 0.220 e. The van der Waals surface area contributed by atoms with E-state index >= 15 is 0 Å². The van der Waals surface area contributed by atoms with Crippen LogP contribution in [0.3, 0.4) is 0 Å². The molecule has 0 atom stereocenters. The highest BCUT2D eigenvalue weighted by Gasteiger charge is 2.34. The van der Waals surface area contributed by atoms with Crippen molar-refractivity contribution in [3.63, 3.8) is 0 Å². The van der Waals surface area contributed by atoms with Gasteiger partial charge in [-0.05, 0) is 18.3 Å². The highest BCUT2D eigenvalue weighted by molar-refractivity contribution is 5.39. The molecule has 0 aromatic carbocycles. The van der Waals surface area contributed by atoms with Gasteiger partial charge in [0.25, 0.3) is 0 Å². The summed E-state index contributed by atoms with van der Waals surface area (Å²) in [4.78, 5) is 8.77. The average Bonchev–Trinajstić information content (AvgIpc) is 3.11. The fourth-order valence-corrected chi connectivity index (χ4v) is 2.08. The molecule has 1 saturated carbocycles. The summed E-state index contributed by atoms with van der Waals surface area (Å²) < 4.78 is 10.8. The molecule has 1 aliphatic rings. The van der Waals surface area contributed by atoms with Gasteiger partial charge >= 0.3 is 0 Å². The Bertz CT molecular complexity index is 409. The first-order valence-electron chi connectivity index (χ1n) is 6.51. The van der Waals surface area contributed by atoms with Gasteiger partial charge in [-0.3, -0.25) is 0 Å². The van der Waals surface area contributed by atoms with Crippen LogP contribution >= 0.6 is 0 Å². The van der Waals surface area contributed by atoms with E-state index in [0.717, 1.165) is 11.4 Å². The molecule has 1 aliphatic carbocycles. The second-order valence-corrected chi connectivity index (χ2v) is 5.80. The number of nitrogens with zero attached hydrogens (tertiary/aromatic N) is 2. The predicted molar refractivity (Wildman–Crippen MR) is 70.1 cm³/mol. The van der Waals surface area contributed by atoms with Crippen LogP contribution in [0, 0.1) is 0 Å². The van der Waals surface area contributed by atoms with Crippen molar-refractivity contribution in [2.75, 3.05) is 20.3 Å². The number of ether oxygens (including phenoxy) is 2. The first-order chi connectivity index (χ1) is 8.54. The van der Waals surface area contributed by atoms with E-state index in [4.69, 9.17) is 9.47 Å². The zero-order valence-corrected chi connectivity index (χ0v) is 11.7. The molecule has 0 N–H and O–H groups in total. The lowest BCUT2D eigenvalue weighted by atomic mass is 9.85. The van der Waals surface area contributed by atoms with Crippen molar-refractivity contribution < 1.29 is 9.47 Å². The zero-order valence-electron chi connectivity index (χ0n) is 11.7. The molecule has 0 aliphatic heterocycles. The third kappa shape index (κ3) is 2.99. The molecule has 1 aromatic rings. The van der Waals surface area contributed by atoms with Crippen LogP contribution in [0.15, 0.2) is 6.33 Å². The molecule has 1 aromatic heterocycles. The molecule has 0 saturated heterocycles. The van der Waals surface area contributed by atoms with Gasteiger partial charge in [-0.25, -0.2) is 9.97 Å². The Labute approximate surface area is 109 Å². The number of hydrogen-bond acceptors (Lipinski definition) is 4. The molecule has 4 nitrogen and oxygen atoms in total. The summed E-state index contributed by atoms with van der Waals surface area (Å²) in [5.74, 6) is 1.32. The summed E-state index contributed by atoms with van der Waals surface area (Å²) >= 11 is 0. The van der Waals surface area contributed by atoms with Crippen LogP contribution in [0.5, 0.6) is 5.88 Å². The van der Waals surface area contributed by atoms with Crippen LogP contribution in [0.1, 0.15) is 50.8 Å². The third-order valence-electron chi connectivity index (χ3n) is 3.08. The predicted octanol–water partition coefficient (Wildman–Crippen LogP) is 2.68. The van der Waals surface area contributed by atoms with Crippen molar-refractivity contribution >= 4 is 0 Å². The fraction of sp³-hybridized carbons (Fsp3) is 0.714. The second kappa shape index (κ2) is 5.22.